The van der Waals surface area contributed by atoms with E-state index >= 15 is 0 Å². The Bertz CT molecular complexity index is 270. The van der Waals surface area contributed by atoms with Crippen LogP contribution in [0.1, 0.15) is 20.8 Å². The molecule has 4 heteroatoms. The summed E-state index contributed by atoms with van der Waals surface area (Å²) in [5.74, 6) is 0. The molecule has 0 heterocycles. The van der Waals surface area contributed by atoms with Gasteiger partial charge in [0.1, 0.15) is 17.9 Å². The number of amides is 1. The molecule has 0 aromatic heterocycles. The second kappa shape index (κ2) is 6.10. The molecule has 0 saturated carbocycles. The third-order valence-electron chi connectivity index (χ3n) is 1.69. The van der Waals surface area contributed by atoms with Crippen LogP contribution >= 0.6 is 0 Å². The van der Waals surface area contributed by atoms with Crippen molar-refractivity contribution in [3.05, 3.63) is 25.3 Å². The Hall–Kier alpha value is -1.58. The third-order valence-corrected chi connectivity index (χ3v) is 1.69. The molecule has 0 aromatic rings. The average Bonchev–Trinajstić information content (AvgIpc) is 2.15. The second-order valence-electron chi connectivity index (χ2n) is 4.28. The molecule has 0 rings (SSSR count). The molecule has 1 amide bonds. The molecule has 0 fully saturated rings. The van der Waals surface area contributed by atoms with Gasteiger partial charge in [0.25, 0.3) is 0 Å². The molecule has 0 aliphatic carbocycles. The highest BCUT2D eigenvalue weighted by Gasteiger charge is 2.25. The van der Waals surface area contributed by atoms with E-state index < -0.39 is 17.7 Å². The first-order chi connectivity index (χ1) is 7.35. The Morgan fingerprint density at radius 2 is 2.00 bits per heavy atom. The van der Waals surface area contributed by atoms with Gasteiger partial charge in [-0.05, 0) is 20.8 Å². The first-order valence-electron chi connectivity index (χ1n) is 5.04. The van der Waals surface area contributed by atoms with Gasteiger partial charge >= 0.3 is 6.09 Å². The van der Waals surface area contributed by atoms with Crippen LogP contribution in [0.4, 0.5) is 4.79 Å². The molecule has 16 heavy (non-hydrogen) atoms. The van der Waals surface area contributed by atoms with Crippen LogP contribution in [-0.4, -0.2) is 35.5 Å². The minimum atomic E-state index is -0.687. The molecule has 0 spiro atoms. The van der Waals surface area contributed by atoms with E-state index in [-0.39, 0.29) is 6.54 Å². The van der Waals surface area contributed by atoms with Gasteiger partial charge in [0.2, 0.25) is 0 Å². The van der Waals surface area contributed by atoms with Gasteiger partial charge in [0.15, 0.2) is 0 Å². The number of nitrogens with zero attached hydrogens (tertiary/aromatic N) is 1. The predicted octanol–water partition coefficient (Wildman–Crippen LogP) is 2.16. The fourth-order valence-corrected chi connectivity index (χ4v) is 1.03. The number of carbonyl (C=O) groups excluding carboxylic acids is 2. The maximum Gasteiger partial charge on any atom is 0.411 e. The maximum absolute atomic E-state index is 11.8. The van der Waals surface area contributed by atoms with Crippen molar-refractivity contribution in [2.24, 2.45) is 0 Å². The number of aldehydes is 1. The monoisotopic (exact) mass is 225 g/mol. The van der Waals surface area contributed by atoms with Crippen LogP contribution in [0.5, 0.6) is 0 Å². The lowest BCUT2D eigenvalue weighted by molar-refractivity contribution is -0.111. The number of carbonyl (C=O) groups is 2. The summed E-state index contributed by atoms with van der Waals surface area (Å²) in [4.78, 5) is 23.8. The SMILES string of the molecule is C=CCN(C(=O)OC(C)(C)C)C(C=C)C=O. The van der Waals surface area contributed by atoms with E-state index in [4.69, 9.17) is 4.74 Å². The Balaban J connectivity index is 4.76. The molecular weight excluding hydrogens is 206 g/mol. The Kier molecular flexibility index (Phi) is 5.50. The standard InChI is InChI=1S/C12H19NO3/c1-6-8-13(10(7-2)9-14)11(15)16-12(3,4)5/h6-7,9-10H,1-2,8H2,3-5H3. The van der Waals surface area contributed by atoms with Crippen LogP contribution < -0.4 is 0 Å². The minimum absolute atomic E-state index is 0.240. The largest absolute Gasteiger partial charge is 0.444 e. The van der Waals surface area contributed by atoms with Crippen molar-refractivity contribution < 1.29 is 14.3 Å². The zero-order valence-corrected chi connectivity index (χ0v) is 10.1. The number of hydrogen-bond donors (Lipinski definition) is 0. The summed E-state index contributed by atoms with van der Waals surface area (Å²) in [5, 5.41) is 0. The number of rotatable bonds is 5. The molecule has 4 nitrogen and oxygen atoms in total. The van der Waals surface area contributed by atoms with E-state index in [0.717, 1.165) is 0 Å². The van der Waals surface area contributed by atoms with Crippen molar-refractivity contribution >= 4 is 12.4 Å². The molecule has 0 aliphatic heterocycles. The van der Waals surface area contributed by atoms with Crippen molar-refractivity contribution in [2.45, 2.75) is 32.4 Å². The Morgan fingerprint density at radius 1 is 1.44 bits per heavy atom. The van der Waals surface area contributed by atoms with Crippen molar-refractivity contribution in [3.63, 3.8) is 0 Å². The summed E-state index contributed by atoms with van der Waals surface area (Å²) in [6.45, 7) is 12.6. The van der Waals surface area contributed by atoms with Gasteiger partial charge in [-0.15, -0.1) is 13.2 Å². The fraction of sp³-hybridized carbons (Fsp3) is 0.500. The average molecular weight is 225 g/mol. The molecule has 0 N–H and O–H groups in total. The quantitative estimate of drug-likeness (QED) is 0.532. The summed E-state index contributed by atoms with van der Waals surface area (Å²) < 4.78 is 5.17. The van der Waals surface area contributed by atoms with Gasteiger partial charge in [-0.1, -0.05) is 12.2 Å². The van der Waals surface area contributed by atoms with Crippen LogP contribution in [0.25, 0.3) is 0 Å². The summed E-state index contributed by atoms with van der Waals surface area (Å²) >= 11 is 0. The minimum Gasteiger partial charge on any atom is -0.444 e. The van der Waals surface area contributed by atoms with E-state index in [0.29, 0.717) is 6.29 Å². The molecule has 0 aliphatic rings. The fourth-order valence-electron chi connectivity index (χ4n) is 1.03. The van der Waals surface area contributed by atoms with Gasteiger partial charge in [0.05, 0.1) is 0 Å². The topological polar surface area (TPSA) is 46.6 Å². The molecular formula is C12H19NO3. The lowest BCUT2D eigenvalue weighted by atomic mass is 10.2. The van der Waals surface area contributed by atoms with Crippen LogP contribution in [0.15, 0.2) is 25.3 Å². The summed E-state index contributed by atoms with van der Waals surface area (Å²) in [5.41, 5.74) is -0.592. The van der Waals surface area contributed by atoms with E-state index in [1.54, 1.807) is 20.8 Å². The van der Waals surface area contributed by atoms with E-state index in [1.165, 1.54) is 17.1 Å². The van der Waals surface area contributed by atoms with Crippen molar-refractivity contribution in [1.29, 1.82) is 0 Å². The zero-order chi connectivity index (χ0) is 12.8. The summed E-state index contributed by atoms with van der Waals surface area (Å²) in [7, 11) is 0. The van der Waals surface area contributed by atoms with Crippen molar-refractivity contribution in [1.82, 2.24) is 4.90 Å². The number of ether oxygens (including phenoxy) is 1. The van der Waals surface area contributed by atoms with Gasteiger partial charge in [-0.2, -0.15) is 0 Å². The maximum atomic E-state index is 11.8. The highest BCUT2D eigenvalue weighted by atomic mass is 16.6. The third kappa shape index (κ3) is 4.77. The van der Waals surface area contributed by atoms with E-state index in [2.05, 4.69) is 13.2 Å². The summed E-state index contributed by atoms with van der Waals surface area (Å²) in [6, 6.07) is -0.687. The molecule has 0 aromatic carbocycles. The Morgan fingerprint density at radius 3 is 2.31 bits per heavy atom. The smallest absolute Gasteiger partial charge is 0.411 e. The molecule has 90 valence electrons. The molecule has 0 saturated heterocycles. The molecule has 0 radical (unpaired) electrons. The van der Waals surface area contributed by atoms with Crippen LogP contribution in [-0.2, 0) is 9.53 Å². The highest BCUT2D eigenvalue weighted by molar-refractivity contribution is 5.75. The number of hydrogen-bond acceptors (Lipinski definition) is 3. The van der Waals surface area contributed by atoms with Gasteiger partial charge in [-0.25, -0.2) is 4.79 Å². The van der Waals surface area contributed by atoms with Crippen LogP contribution in [0.3, 0.4) is 0 Å². The van der Waals surface area contributed by atoms with Gasteiger partial charge in [0, 0.05) is 6.54 Å². The predicted molar refractivity (Wildman–Crippen MR) is 63.2 cm³/mol. The van der Waals surface area contributed by atoms with Gasteiger partial charge in [-0.3, -0.25) is 4.90 Å². The summed E-state index contributed by atoms with van der Waals surface area (Å²) in [6.07, 6.45) is 3.01. The first-order valence-corrected chi connectivity index (χ1v) is 5.04. The molecule has 1 unspecified atom stereocenters. The van der Waals surface area contributed by atoms with E-state index in [9.17, 15) is 9.59 Å². The highest BCUT2D eigenvalue weighted by Crippen LogP contribution is 2.11. The van der Waals surface area contributed by atoms with Gasteiger partial charge < -0.3 is 9.53 Å². The normalized spacial score (nSPS) is 12.4. The van der Waals surface area contributed by atoms with Crippen molar-refractivity contribution in [2.75, 3.05) is 6.54 Å². The second-order valence-corrected chi connectivity index (χ2v) is 4.28. The Labute approximate surface area is 96.6 Å². The van der Waals surface area contributed by atoms with Crippen molar-refractivity contribution in [3.8, 4) is 0 Å². The zero-order valence-electron chi connectivity index (χ0n) is 10.1. The first kappa shape index (κ1) is 14.4. The molecule has 1 atom stereocenters. The van der Waals surface area contributed by atoms with E-state index in [1.807, 2.05) is 0 Å². The molecule has 0 bridgehead atoms. The lowest BCUT2D eigenvalue weighted by Gasteiger charge is -2.28. The van der Waals surface area contributed by atoms with Crippen LogP contribution in [0, 0.1) is 0 Å². The van der Waals surface area contributed by atoms with Crippen LogP contribution in [0.2, 0.25) is 0 Å². The lowest BCUT2D eigenvalue weighted by Crippen LogP contribution is -2.43.